The highest BCUT2D eigenvalue weighted by molar-refractivity contribution is 7.89. The predicted octanol–water partition coefficient (Wildman–Crippen LogP) is 4.76. The van der Waals surface area contributed by atoms with Gasteiger partial charge in [0.15, 0.2) is 0 Å². The highest BCUT2D eigenvalue weighted by Gasteiger charge is 2.29. The van der Waals surface area contributed by atoms with E-state index >= 15 is 0 Å². The summed E-state index contributed by atoms with van der Waals surface area (Å²) < 4.78 is 41.0. The number of carbonyl (C=O) groups is 1. The molecule has 0 spiro atoms. The maximum atomic E-state index is 13.4. The van der Waals surface area contributed by atoms with Crippen molar-refractivity contribution in [2.45, 2.75) is 31.8 Å². The zero-order chi connectivity index (χ0) is 23.1. The van der Waals surface area contributed by atoms with Crippen molar-refractivity contribution in [3.8, 4) is 0 Å². The summed E-state index contributed by atoms with van der Waals surface area (Å²) in [5.74, 6) is -0.785. The van der Waals surface area contributed by atoms with Crippen LogP contribution in [-0.4, -0.2) is 36.6 Å². The first-order valence-corrected chi connectivity index (χ1v) is 12.7. The summed E-state index contributed by atoms with van der Waals surface area (Å²) in [4.78, 5) is 16.0. The zero-order valence-electron chi connectivity index (χ0n) is 18.1. The van der Waals surface area contributed by atoms with Gasteiger partial charge in [-0.05, 0) is 47.2 Å². The fraction of sp³-hybridized carbons (Fsp3) is 0.292. The lowest BCUT2D eigenvalue weighted by molar-refractivity contribution is -0.132. The highest BCUT2D eigenvalue weighted by atomic mass is 32.2. The first kappa shape index (κ1) is 24.1. The van der Waals surface area contributed by atoms with E-state index in [2.05, 4.69) is 0 Å². The smallest absolute Gasteiger partial charge is 0.243 e. The van der Waals surface area contributed by atoms with Gasteiger partial charge in [0, 0.05) is 18.0 Å². The Balaban J connectivity index is 1.86. The SMILES string of the molecule is CC(C)CN(CC(=O)N(Cc1ccccc1)Cc1cccs1)S(=O)(=O)c1ccc(F)cc1. The van der Waals surface area contributed by atoms with Gasteiger partial charge in [0.2, 0.25) is 15.9 Å². The van der Waals surface area contributed by atoms with Crippen molar-refractivity contribution >= 4 is 27.3 Å². The van der Waals surface area contributed by atoms with Gasteiger partial charge in [-0.3, -0.25) is 4.79 Å². The van der Waals surface area contributed by atoms with Crippen LogP contribution in [0.15, 0.2) is 77.0 Å². The molecular formula is C24H27FN2O3S2. The van der Waals surface area contributed by atoms with Crippen molar-refractivity contribution in [1.29, 1.82) is 0 Å². The molecule has 5 nitrogen and oxygen atoms in total. The lowest BCUT2D eigenvalue weighted by Crippen LogP contribution is -2.43. The minimum atomic E-state index is -3.95. The summed E-state index contributed by atoms with van der Waals surface area (Å²) in [6.45, 7) is 4.47. The Morgan fingerprint density at radius 2 is 1.66 bits per heavy atom. The number of rotatable bonds is 10. The topological polar surface area (TPSA) is 57.7 Å². The van der Waals surface area contributed by atoms with Crippen LogP contribution in [0.4, 0.5) is 4.39 Å². The Morgan fingerprint density at radius 1 is 0.969 bits per heavy atom. The van der Waals surface area contributed by atoms with E-state index in [4.69, 9.17) is 0 Å². The van der Waals surface area contributed by atoms with E-state index in [1.165, 1.54) is 16.4 Å². The van der Waals surface area contributed by atoms with Crippen LogP contribution >= 0.6 is 11.3 Å². The third-order valence-electron chi connectivity index (χ3n) is 4.83. The number of hydrogen-bond donors (Lipinski definition) is 0. The van der Waals surface area contributed by atoms with Gasteiger partial charge in [-0.2, -0.15) is 4.31 Å². The van der Waals surface area contributed by atoms with E-state index in [0.717, 1.165) is 22.6 Å². The molecule has 0 aliphatic heterocycles. The summed E-state index contributed by atoms with van der Waals surface area (Å²) in [6, 6.07) is 18.2. The zero-order valence-corrected chi connectivity index (χ0v) is 19.8. The molecule has 0 fully saturated rings. The van der Waals surface area contributed by atoms with Crippen LogP contribution in [0.2, 0.25) is 0 Å². The number of hydrogen-bond acceptors (Lipinski definition) is 4. The van der Waals surface area contributed by atoms with Crippen LogP contribution in [0, 0.1) is 11.7 Å². The van der Waals surface area contributed by atoms with Gasteiger partial charge in [-0.25, -0.2) is 12.8 Å². The molecule has 3 rings (SSSR count). The molecule has 0 radical (unpaired) electrons. The summed E-state index contributed by atoms with van der Waals surface area (Å²) in [7, 11) is -3.95. The van der Waals surface area contributed by atoms with Crippen LogP contribution in [0.5, 0.6) is 0 Å². The molecule has 0 unspecified atom stereocenters. The third kappa shape index (κ3) is 6.48. The first-order valence-electron chi connectivity index (χ1n) is 10.4. The number of thiophene rings is 1. The lowest BCUT2D eigenvalue weighted by Gasteiger charge is -2.28. The van der Waals surface area contributed by atoms with Gasteiger partial charge in [0.1, 0.15) is 5.82 Å². The number of sulfonamides is 1. The summed E-state index contributed by atoms with van der Waals surface area (Å²) >= 11 is 1.55. The van der Waals surface area contributed by atoms with E-state index in [0.29, 0.717) is 13.1 Å². The largest absolute Gasteiger partial charge is 0.332 e. The van der Waals surface area contributed by atoms with Gasteiger partial charge >= 0.3 is 0 Å². The van der Waals surface area contributed by atoms with Crippen LogP contribution in [0.1, 0.15) is 24.3 Å². The number of carbonyl (C=O) groups excluding carboxylic acids is 1. The average Bonchev–Trinajstić information content (AvgIpc) is 3.26. The Bertz CT molecular complexity index is 1100. The van der Waals surface area contributed by atoms with Gasteiger partial charge in [0.05, 0.1) is 18.0 Å². The van der Waals surface area contributed by atoms with Crippen LogP contribution < -0.4 is 0 Å². The highest BCUT2D eigenvalue weighted by Crippen LogP contribution is 2.20. The third-order valence-corrected chi connectivity index (χ3v) is 7.51. The standard InChI is InChI=1S/C24H27FN2O3S2/c1-19(2)15-27(32(29,30)23-12-10-21(25)11-13-23)18-24(28)26(17-22-9-6-14-31-22)16-20-7-4-3-5-8-20/h3-14,19H,15-18H2,1-2H3. The van der Waals surface area contributed by atoms with Gasteiger partial charge in [-0.15, -0.1) is 11.3 Å². The molecule has 2 aromatic carbocycles. The Labute approximate surface area is 193 Å². The molecule has 1 amide bonds. The normalized spacial score (nSPS) is 11.8. The molecule has 170 valence electrons. The quantitative estimate of drug-likeness (QED) is 0.426. The molecule has 0 atom stereocenters. The van der Waals surface area contributed by atoms with E-state index in [1.54, 1.807) is 16.2 Å². The Kier molecular flexibility index (Phi) is 8.17. The second-order valence-electron chi connectivity index (χ2n) is 7.96. The van der Waals surface area contributed by atoms with Crippen molar-refractivity contribution in [1.82, 2.24) is 9.21 Å². The van der Waals surface area contributed by atoms with E-state index in [1.807, 2.05) is 61.7 Å². The van der Waals surface area contributed by atoms with E-state index in [9.17, 15) is 17.6 Å². The maximum absolute atomic E-state index is 13.4. The number of benzene rings is 2. The van der Waals surface area contributed by atoms with Crippen LogP contribution in [0.25, 0.3) is 0 Å². The molecule has 8 heteroatoms. The summed E-state index contributed by atoms with van der Waals surface area (Å²) in [5, 5.41) is 1.95. The Hall–Kier alpha value is -2.55. The van der Waals surface area contributed by atoms with Crippen molar-refractivity contribution in [3.63, 3.8) is 0 Å². The van der Waals surface area contributed by atoms with E-state index < -0.39 is 15.8 Å². The predicted molar refractivity (Wildman–Crippen MR) is 125 cm³/mol. The fourth-order valence-electron chi connectivity index (χ4n) is 3.29. The molecule has 0 saturated heterocycles. The number of nitrogens with zero attached hydrogens (tertiary/aromatic N) is 2. The number of amides is 1. The van der Waals surface area contributed by atoms with Crippen molar-refractivity contribution in [2.24, 2.45) is 5.92 Å². The molecule has 0 aliphatic carbocycles. The summed E-state index contributed by atoms with van der Waals surface area (Å²) in [6.07, 6.45) is 0. The van der Waals surface area contributed by atoms with Crippen molar-refractivity contribution < 1.29 is 17.6 Å². The lowest BCUT2D eigenvalue weighted by atomic mass is 10.2. The van der Waals surface area contributed by atoms with Crippen molar-refractivity contribution in [2.75, 3.05) is 13.1 Å². The number of halogens is 1. The minimum absolute atomic E-state index is 0.0119. The second kappa shape index (κ2) is 10.8. The molecular weight excluding hydrogens is 447 g/mol. The molecule has 0 bridgehead atoms. The fourth-order valence-corrected chi connectivity index (χ4v) is 5.56. The van der Waals surface area contributed by atoms with Crippen LogP contribution in [-0.2, 0) is 27.9 Å². The molecule has 0 aliphatic rings. The maximum Gasteiger partial charge on any atom is 0.243 e. The molecule has 1 heterocycles. The van der Waals surface area contributed by atoms with E-state index in [-0.39, 0.29) is 29.8 Å². The van der Waals surface area contributed by atoms with Gasteiger partial charge in [0.25, 0.3) is 0 Å². The molecule has 0 N–H and O–H groups in total. The van der Waals surface area contributed by atoms with Crippen molar-refractivity contribution in [3.05, 3.63) is 88.4 Å². The van der Waals surface area contributed by atoms with Crippen LogP contribution in [0.3, 0.4) is 0 Å². The average molecular weight is 475 g/mol. The monoisotopic (exact) mass is 474 g/mol. The van der Waals surface area contributed by atoms with Gasteiger partial charge < -0.3 is 4.90 Å². The Morgan fingerprint density at radius 3 is 2.25 bits per heavy atom. The molecule has 32 heavy (non-hydrogen) atoms. The minimum Gasteiger partial charge on any atom is -0.332 e. The first-order chi connectivity index (χ1) is 15.3. The van der Waals surface area contributed by atoms with Gasteiger partial charge in [-0.1, -0.05) is 50.2 Å². The summed E-state index contributed by atoms with van der Waals surface area (Å²) in [5.41, 5.74) is 0.967. The molecule has 1 aromatic heterocycles. The second-order valence-corrected chi connectivity index (χ2v) is 10.9. The molecule has 0 saturated carbocycles. The molecule has 3 aromatic rings.